The monoisotopic (exact) mass is 180 g/mol. The van der Waals surface area contributed by atoms with Crippen molar-refractivity contribution in [2.75, 3.05) is 11.9 Å². The lowest BCUT2D eigenvalue weighted by atomic mass is 9.92. The first-order valence-electron chi connectivity index (χ1n) is 4.62. The first-order valence-corrected chi connectivity index (χ1v) is 4.62. The fourth-order valence-electron chi connectivity index (χ4n) is 1.55. The summed E-state index contributed by atoms with van der Waals surface area (Å²) in [6.45, 7) is 0. The maximum atomic E-state index is 12.8. The Labute approximate surface area is 77.4 Å². The first-order chi connectivity index (χ1) is 6.27. The van der Waals surface area contributed by atoms with Crippen LogP contribution in [0.5, 0.6) is 0 Å². The van der Waals surface area contributed by atoms with E-state index in [9.17, 15) is 4.39 Å². The molecule has 0 atom stereocenters. The van der Waals surface area contributed by atoms with E-state index in [1.54, 1.807) is 0 Å². The smallest absolute Gasteiger partial charge is 0.131 e. The molecule has 1 aliphatic rings. The SMILES string of the molecule is CN(c1cc(F)ccn1)C1CCC1. The molecule has 1 saturated carbocycles. The Kier molecular flexibility index (Phi) is 2.17. The molecule has 70 valence electrons. The minimum absolute atomic E-state index is 0.212. The molecule has 2 nitrogen and oxygen atoms in total. The first kappa shape index (κ1) is 8.48. The summed E-state index contributed by atoms with van der Waals surface area (Å²) in [6, 6.07) is 3.42. The fourth-order valence-corrected chi connectivity index (χ4v) is 1.55. The van der Waals surface area contributed by atoms with Crippen molar-refractivity contribution in [1.29, 1.82) is 0 Å². The van der Waals surface area contributed by atoms with E-state index in [1.165, 1.54) is 37.6 Å². The van der Waals surface area contributed by atoms with E-state index in [1.807, 2.05) is 7.05 Å². The summed E-state index contributed by atoms with van der Waals surface area (Å²) in [5.74, 6) is 0.529. The molecule has 0 radical (unpaired) electrons. The van der Waals surface area contributed by atoms with Crippen LogP contribution in [-0.4, -0.2) is 18.1 Å². The minimum atomic E-state index is -0.212. The van der Waals surface area contributed by atoms with Crippen molar-refractivity contribution < 1.29 is 4.39 Å². The number of anilines is 1. The zero-order chi connectivity index (χ0) is 9.26. The Balaban J connectivity index is 2.14. The van der Waals surface area contributed by atoms with E-state index in [4.69, 9.17) is 0 Å². The molecular weight excluding hydrogens is 167 g/mol. The number of aromatic nitrogens is 1. The van der Waals surface area contributed by atoms with Gasteiger partial charge in [0.05, 0.1) is 0 Å². The topological polar surface area (TPSA) is 16.1 Å². The van der Waals surface area contributed by atoms with Gasteiger partial charge in [-0.2, -0.15) is 0 Å². The Morgan fingerprint density at radius 1 is 1.54 bits per heavy atom. The van der Waals surface area contributed by atoms with Crippen LogP contribution in [0.25, 0.3) is 0 Å². The van der Waals surface area contributed by atoms with Crippen LogP contribution in [0, 0.1) is 5.82 Å². The molecule has 2 rings (SSSR count). The van der Waals surface area contributed by atoms with E-state index in [2.05, 4.69) is 9.88 Å². The lowest BCUT2D eigenvalue weighted by Gasteiger charge is -2.35. The van der Waals surface area contributed by atoms with E-state index in [0.717, 1.165) is 5.82 Å². The molecule has 1 aromatic rings. The van der Waals surface area contributed by atoms with Crippen LogP contribution in [0.1, 0.15) is 19.3 Å². The zero-order valence-corrected chi connectivity index (χ0v) is 7.70. The van der Waals surface area contributed by atoms with Gasteiger partial charge in [0.2, 0.25) is 0 Å². The maximum Gasteiger partial charge on any atom is 0.131 e. The van der Waals surface area contributed by atoms with Crippen molar-refractivity contribution in [3.8, 4) is 0 Å². The summed E-state index contributed by atoms with van der Waals surface area (Å²) >= 11 is 0. The van der Waals surface area contributed by atoms with Crippen molar-refractivity contribution in [3.63, 3.8) is 0 Å². The van der Waals surface area contributed by atoms with Gasteiger partial charge in [0.15, 0.2) is 0 Å². The van der Waals surface area contributed by atoms with Crippen molar-refractivity contribution in [2.24, 2.45) is 0 Å². The summed E-state index contributed by atoms with van der Waals surface area (Å²) in [5, 5.41) is 0. The summed E-state index contributed by atoms with van der Waals surface area (Å²) in [6.07, 6.45) is 5.20. The highest BCUT2D eigenvalue weighted by Gasteiger charge is 2.22. The molecule has 0 aliphatic heterocycles. The average Bonchev–Trinajstić information content (AvgIpc) is 2.01. The molecular formula is C10H13FN2. The highest BCUT2D eigenvalue weighted by atomic mass is 19.1. The number of nitrogens with zero attached hydrogens (tertiary/aromatic N) is 2. The van der Waals surface area contributed by atoms with E-state index in [0.29, 0.717) is 6.04 Å². The van der Waals surface area contributed by atoms with Crippen LogP contribution in [0.4, 0.5) is 10.2 Å². The summed E-state index contributed by atoms with van der Waals surface area (Å²) in [4.78, 5) is 6.19. The maximum absolute atomic E-state index is 12.8. The normalized spacial score (nSPS) is 16.8. The predicted octanol–water partition coefficient (Wildman–Crippen LogP) is 2.21. The second-order valence-corrected chi connectivity index (χ2v) is 3.53. The number of pyridine rings is 1. The summed E-state index contributed by atoms with van der Waals surface area (Å²) in [5.41, 5.74) is 0. The van der Waals surface area contributed by atoms with Gasteiger partial charge < -0.3 is 4.90 Å². The molecule has 1 fully saturated rings. The third kappa shape index (κ3) is 1.64. The number of hydrogen-bond donors (Lipinski definition) is 0. The van der Waals surface area contributed by atoms with Crippen LogP contribution in [0.15, 0.2) is 18.3 Å². The molecule has 1 aliphatic carbocycles. The largest absolute Gasteiger partial charge is 0.357 e. The highest BCUT2D eigenvalue weighted by molar-refractivity contribution is 5.39. The second-order valence-electron chi connectivity index (χ2n) is 3.53. The molecule has 1 heterocycles. The Bertz CT molecular complexity index is 297. The molecule has 0 saturated heterocycles. The molecule has 0 aromatic carbocycles. The van der Waals surface area contributed by atoms with Crippen molar-refractivity contribution >= 4 is 5.82 Å². The Hall–Kier alpha value is -1.12. The van der Waals surface area contributed by atoms with E-state index in [-0.39, 0.29) is 5.82 Å². The number of rotatable bonds is 2. The van der Waals surface area contributed by atoms with Crippen molar-refractivity contribution in [2.45, 2.75) is 25.3 Å². The average molecular weight is 180 g/mol. The molecule has 0 N–H and O–H groups in total. The third-order valence-corrected chi connectivity index (χ3v) is 2.69. The van der Waals surface area contributed by atoms with Gasteiger partial charge in [0.1, 0.15) is 11.6 Å². The summed E-state index contributed by atoms with van der Waals surface area (Å²) < 4.78 is 12.8. The zero-order valence-electron chi connectivity index (χ0n) is 7.70. The van der Waals surface area contributed by atoms with E-state index < -0.39 is 0 Å². The van der Waals surface area contributed by atoms with Gasteiger partial charge in [-0.3, -0.25) is 0 Å². The van der Waals surface area contributed by atoms with Gasteiger partial charge >= 0.3 is 0 Å². The van der Waals surface area contributed by atoms with Gasteiger partial charge in [-0.1, -0.05) is 0 Å². The molecule has 13 heavy (non-hydrogen) atoms. The van der Waals surface area contributed by atoms with Crippen LogP contribution in [0.2, 0.25) is 0 Å². The molecule has 0 amide bonds. The second kappa shape index (κ2) is 3.32. The Morgan fingerprint density at radius 2 is 2.31 bits per heavy atom. The summed E-state index contributed by atoms with van der Waals surface area (Å²) in [7, 11) is 1.98. The van der Waals surface area contributed by atoms with Gasteiger partial charge in [-0.15, -0.1) is 0 Å². The standard InChI is InChI=1S/C10H13FN2/c1-13(9-3-2-4-9)10-7-8(11)5-6-12-10/h5-7,9H,2-4H2,1H3. The lowest BCUT2D eigenvalue weighted by Crippen LogP contribution is -2.37. The lowest BCUT2D eigenvalue weighted by molar-refractivity contribution is 0.399. The van der Waals surface area contributed by atoms with Gasteiger partial charge in [0, 0.05) is 25.4 Å². The van der Waals surface area contributed by atoms with Crippen LogP contribution < -0.4 is 4.90 Å². The molecule has 0 spiro atoms. The Morgan fingerprint density at radius 3 is 2.85 bits per heavy atom. The number of hydrogen-bond acceptors (Lipinski definition) is 2. The minimum Gasteiger partial charge on any atom is -0.357 e. The van der Waals surface area contributed by atoms with Crippen molar-refractivity contribution in [1.82, 2.24) is 4.98 Å². The van der Waals surface area contributed by atoms with Gasteiger partial charge in [-0.25, -0.2) is 9.37 Å². The number of halogens is 1. The van der Waals surface area contributed by atoms with Crippen LogP contribution in [0.3, 0.4) is 0 Å². The molecule has 3 heteroatoms. The van der Waals surface area contributed by atoms with Gasteiger partial charge in [-0.05, 0) is 25.3 Å². The highest BCUT2D eigenvalue weighted by Crippen LogP contribution is 2.26. The molecule has 0 unspecified atom stereocenters. The van der Waals surface area contributed by atoms with E-state index >= 15 is 0 Å². The molecule has 0 bridgehead atoms. The molecule has 1 aromatic heterocycles. The van der Waals surface area contributed by atoms with Gasteiger partial charge in [0.25, 0.3) is 0 Å². The third-order valence-electron chi connectivity index (χ3n) is 2.69. The quantitative estimate of drug-likeness (QED) is 0.693. The van der Waals surface area contributed by atoms with Crippen LogP contribution in [-0.2, 0) is 0 Å². The fraction of sp³-hybridized carbons (Fsp3) is 0.500. The van der Waals surface area contributed by atoms with Crippen molar-refractivity contribution in [3.05, 3.63) is 24.1 Å². The van der Waals surface area contributed by atoms with Crippen LogP contribution >= 0.6 is 0 Å². The predicted molar refractivity (Wildman–Crippen MR) is 50.2 cm³/mol.